The lowest BCUT2D eigenvalue weighted by Crippen LogP contribution is -2.10. The van der Waals surface area contributed by atoms with Crippen LogP contribution in [0.3, 0.4) is 0 Å². The third-order valence-corrected chi connectivity index (χ3v) is 2.16. The summed E-state index contributed by atoms with van der Waals surface area (Å²) in [6.45, 7) is 0. The molecule has 4 nitrogen and oxygen atoms in total. The molecule has 0 saturated heterocycles. The number of phenolic OH excluding ortho intramolecular Hbond substituents is 1. The molecule has 0 aromatic heterocycles. The van der Waals surface area contributed by atoms with Crippen LogP contribution in [-0.2, 0) is 4.79 Å². The molecule has 0 heterocycles. The van der Waals surface area contributed by atoms with E-state index in [1.807, 2.05) is 0 Å². The van der Waals surface area contributed by atoms with Crippen molar-refractivity contribution in [2.45, 2.75) is 6.10 Å². The maximum atomic E-state index is 12.8. The molecule has 0 aliphatic heterocycles. The van der Waals surface area contributed by atoms with E-state index in [0.29, 0.717) is 0 Å². The summed E-state index contributed by atoms with van der Waals surface area (Å²) in [6.07, 6.45) is -1.78. The Labute approximate surface area is 86.7 Å². The fourth-order valence-corrected chi connectivity index (χ4v) is 1.36. The molecule has 0 spiro atoms. The number of aliphatic hydroxyl groups excluding tert-OH is 1. The van der Waals surface area contributed by atoms with Crippen LogP contribution in [0.5, 0.6) is 5.75 Å². The predicted molar refractivity (Wildman–Crippen MR) is 48.4 cm³/mol. The second-order valence-electron chi connectivity index (χ2n) is 2.58. The largest absolute Gasteiger partial charge is 0.505 e. The quantitative estimate of drug-likeness (QED) is 0.755. The summed E-state index contributed by atoms with van der Waals surface area (Å²) < 4.78 is 12.7. The molecule has 0 fully saturated rings. The Kier molecular flexibility index (Phi) is 3.07. The number of carboxylic acid groups (broad SMARTS) is 1. The minimum atomic E-state index is -1.78. The first kappa shape index (κ1) is 10.9. The van der Waals surface area contributed by atoms with Crippen LogP contribution >= 0.6 is 15.9 Å². The highest BCUT2D eigenvalue weighted by Gasteiger charge is 2.19. The normalized spacial score (nSPS) is 12.5. The first-order valence-electron chi connectivity index (χ1n) is 3.52. The number of hydrogen-bond acceptors (Lipinski definition) is 3. The van der Waals surface area contributed by atoms with E-state index in [0.717, 1.165) is 12.1 Å². The highest BCUT2D eigenvalue weighted by atomic mass is 79.9. The lowest BCUT2D eigenvalue weighted by molar-refractivity contribution is -0.146. The molecular weight excluding hydrogens is 259 g/mol. The molecular formula is C8H6BrFO4. The van der Waals surface area contributed by atoms with Gasteiger partial charge >= 0.3 is 5.97 Å². The van der Waals surface area contributed by atoms with Crippen molar-refractivity contribution < 1.29 is 24.5 Å². The fourth-order valence-electron chi connectivity index (χ4n) is 0.895. The number of hydrogen-bond donors (Lipinski definition) is 3. The summed E-state index contributed by atoms with van der Waals surface area (Å²) in [6, 6.07) is 1.95. The second kappa shape index (κ2) is 3.93. The van der Waals surface area contributed by atoms with Crippen molar-refractivity contribution in [1.29, 1.82) is 0 Å². The summed E-state index contributed by atoms with van der Waals surface area (Å²) in [5.74, 6) is -3.08. The van der Waals surface area contributed by atoms with Crippen LogP contribution in [0.2, 0.25) is 0 Å². The zero-order valence-electron chi connectivity index (χ0n) is 6.74. The molecule has 14 heavy (non-hydrogen) atoms. The first-order valence-corrected chi connectivity index (χ1v) is 4.31. The van der Waals surface area contributed by atoms with Gasteiger partial charge in [0.15, 0.2) is 17.7 Å². The van der Waals surface area contributed by atoms with Crippen molar-refractivity contribution >= 4 is 21.9 Å². The molecule has 6 heteroatoms. The Morgan fingerprint density at radius 3 is 2.50 bits per heavy atom. The summed E-state index contributed by atoms with van der Waals surface area (Å²) in [4.78, 5) is 10.4. The zero-order chi connectivity index (χ0) is 10.9. The number of carboxylic acids is 1. The molecule has 0 saturated carbocycles. The van der Waals surface area contributed by atoms with E-state index in [9.17, 15) is 9.18 Å². The van der Waals surface area contributed by atoms with Crippen LogP contribution < -0.4 is 0 Å². The molecule has 1 aromatic carbocycles. The van der Waals surface area contributed by atoms with Crippen molar-refractivity contribution in [3.8, 4) is 5.75 Å². The number of rotatable bonds is 2. The fraction of sp³-hybridized carbons (Fsp3) is 0.125. The summed E-state index contributed by atoms with van der Waals surface area (Å²) >= 11 is 2.78. The lowest BCUT2D eigenvalue weighted by atomic mass is 10.1. The van der Waals surface area contributed by atoms with E-state index in [2.05, 4.69) is 15.9 Å². The van der Waals surface area contributed by atoms with Crippen LogP contribution in [0.25, 0.3) is 0 Å². The van der Waals surface area contributed by atoms with Crippen LogP contribution in [0.15, 0.2) is 16.6 Å². The van der Waals surface area contributed by atoms with E-state index in [1.165, 1.54) is 0 Å². The number of benzene rings is 1. The number of phenols is 1. The predicted octanol–water partition coefficient (Wildman–Crippen LogP) is 1.41. The SMILES string of the molecule is O=C(O)C(O)c1cc(O)c(F)c(Br)c1. The third kappa shape index (κ3) is 2.02. The van der Waals surface area contributed by atoms with Crippen molar-refractivity contribution in [2.24, 2.45) is 0 Å². The molecule has 0 bridgehead atoms. The average Bonchev–Trinajstić information content (AvgIpc) is 2.12. The number of aromatic hydroxyl groups is 1. The van der Waals surface area contributed by atoms with Gasteiger partial charge in [-0.2, -0.15) is 0 Å². The van der Waals surface area contributed by atoms with Crippen LogP contribution in [-0.4, -0.2) is 21.3 Å². The minimum Gasteiger partial charge on any atom is -0.505 e. The summed E-state index contributed by atoms with van der Waals surface area (Å²) in [5.41, 5.74) is -0.0942. The van der Waals surface area contributed by atoms with Gasteiger partial charge in [0.1, 0.15) is 0 Å². The lowest BCUT2D eigenvalue weighted by Gasteiger charge is -2.07. The van der Waals surface area contributed by atoms with Gasteiger partial charge in [0.25, 0.3) is 0 Å². The van der Waals surface area contributed by atoms with Gasteiger partial charge in [0, 0.05) is 0 Å². The average molecular weight is 265 g/mol. The van der Waals surface area contributed by atoms with Gasteiger partial charge in [-0.25, -0.2) is 9.18 Å². The van der Waals surface area contributed by atoms with Gasteiger partial charge in [-0.15, -0.1) is 0 Å². The molecule has 76 valence electrons. The van der Waals surface area contributed by atoms with E-state index in [4.69, 9.17) is 15.3 Å². The van der Waals surface area contributed by atoms with Crippen molar-refractivity contribution in [1.82, 2.24) is 0 Å². The van der Waals surface area contributed by atoms with Crippen LogP contribution in [0, 0.1) is 5.82 Å². The van der Waals surface area contributed by atoms with Gasteiger partial charge in [-0.3, -0.25) is 0 Å². The molecule has 1 unspecified atom stereocenters. The monoisotopic (exact) mass is 264 g/mol. The topological polar surface area (TPSA) is 77.8 Å². The van der Waals surface area contributed by atoms with Gasteiger partial charge in [0.05, 0.1) is 4.47 Å². The Bertz CT molecular complexity index is 357. The molecule has 1 atom stereocenters. The maximum absolute atomic E-state index is 12.8. The van der Waals surface area contributed by atoms with Gasteiger partial charge in [0.2, 0.25) is 0 Å². The molecule has 0 amide bonds. The van der Waals surface area contributed by atoms with E-state index >= 15 is 0 Å². The van der Waals surface area contributed by atoms with E-state index in [-0.39, 0.29) is 10.0 Å². The number of halogens is 2. The van der Waals surface area contributed by atoms with Gasteiger partial charge in [-0.05, 0) is 33.6 Å². The van der Waals surface area contributed by atoms with E-state index in [1.54, 1.807) is 0 Å². The minimum absolute atomic E-state index is 0.0942. The molecule has 0 aliphatic rings. The van der Waals surface area contributed by atoms with Crippen LogP contribution in [0.4, 0.5) is 4.39 Å². The summed E-state index contributed by atoms with van der Waals surface area (Å²) in [7, 11) is 0. The van der Waals surface area contributed by atoms with Gasteiger partial charge in [-0.1, -0.05) is 0 Å². The Balaban J connectivity index is 3.19. The van der Waals surface area contributed by atoms with Crippen molar-refractivity contribution in [3.05, 3.63) is 28.0 Å². The second-order valence-corrected chi connectivity index (χ2v) is 3.43. The standard InChI is InChI=1S/C8H6BrFO4/c9-4-1-3(7(12)8(13)14)2-5(11)6(4)10/h1-2,7,11-12H,(H,13,14). The zero-order valence-corrected chi connectivity index (χ0v) is 8.32. The number of carbonyl (C=O) groups is 1. The molecule has 1 aromatic rings. The highest BCUT2D eigenvalue weighted by Crippen LogP contribution is 2.28. The molecule has 1 rings (SSSR count). The van der Waals surface area contributed by atoms with Crippen molar-refractivity contribution in [3.63, 3.8) is 0 Å². The first-order chi connectivity index (χ1) is 6.43. The smallest absolute Gasteiger partial charge is 0.337 e. The number of aliphatic carboxylic acids is 1. The third-order valence-electron chi connectivity index (χ3n) is 1.58. The molecule has 0 aliphatic carbocycles. The highest BCUT2D eigenvalue weighted by molar-refractivity contribution is 9.10. The Hall–Kier alpha value is -1.14. The van der Waals surface area contributed by atoms with Crippen LogP contribution in [0.1, 0.15) is 11.7 Å². The van der Waals surface area contributed by atoms with Gasteiger partial charge < -0.3 is 15.3 Å². The van der Waals surface area contributed by atoms with Crippen molar-refractivity contribution in [2.75, 3.05) is 0 Å². The molecule has 0 radical (unpaired) electrons. The Morgan fingerprint density at radius 2 is 2.07 bits per heavy atom. The Morgan fingerprint density at radius 1 is 1.50 bits per heavy atom. The molecule has 3 N–H and O–H groups in total. The number of aliphatic hydroxyl groups is 1. The summed E-state index contributed by atoms with van der Waals surface area (Å²) in [5, 5.41) is 26.5. The van der Waals surface area contributed by atoms with E-state index < -0.39 is 23.6 Å². The maximum Gasteiger partial charge on any atom is 0.337 e.